The van der Waals surface area contributed by atoms with E-state index < -0.39 is 5.82 Å². The van der Waals surface area contributed by atoms with Gasteiger partial charge in [0.25, 0.3) is 0 Å². The highest BCUT2D eigenvalue weighted by atomic mass is 19.1. The van der Waals surface area contributed by atoms with Gasteiger partial charge in [-0.05, 0) is 56.2 Å². The van der Waals surface area contributed by atoms with Crippen LogP contribution in [0.1, 0.15) is 25.3 Å². The third kappa shape index (κ3) is 6.62. The number of halogens is 1. The summed E-state index contributed by atoms with van der Waals surface area (Å²) in [4.78, 5) is 19.4. The fraction of sp³-hybridized carbons (Fsp3) is 0.387. The molecule has 0 N–H and O–H groups in total. The first kappa shape index (κ1) is 29.4. The SMILES string of the molecule is CC#N.CN1CCCC1.COc1nc(N2CCN(C#N)CC2)c2cnc(-c3cccc4cccc(C)c34)c(F)c2n1. The number of pyridine rings is 1. The van der Waals surface area contributed by atoms with E-state index in [9.17, 15) is 0 Å². The molecule has 9 nitrogen and oxygen atoms in total. The van der Waals surface area contributed by atoms with Crippen molar-refractivity contribution in [2.45, 2.75) is 26.7 Å². The van der Waals surface area contributed by atoms with Crippen LogP contribution in [0.5, 0.6) is 6.01 Å². The molecule has 0 saturated carbocycles. The minimum absolute atomic E-state index is 0.0976. The first-order valence-electron chi connectivity index (χ1n) is 13.7. The van der Waals surface area contributed by atoms with E-state index in [4.69, 9.17) is 15.3 Å². The standard InChI is InChI=1S/C24H21FN6O.C5H11N.C2H3N/c1-15-5-3-6-16-7-4-8-17(19(15)16)21-20(25)22-18(13-27-21)23(29-24(28-22)32-2)31-11-9-30(14-26)10-12-31;1-6-4-2-3-5-6;1-2-3/h3-8,13H,9-12H2,1-2H3;2-5H2,1H3;1H3. The topological polar surface area (TPSA) is 105 Å². The third-order valence-electron chi connectivity index (χ3n) is 7.24. The number of nitriles is 2. The minimum atomic E-state index is -0.504. The van der Waals surface area contributed by atoms with Gasteiger partial charge < -0.3 is 19.4 Å². The molecule has 2 aliphatic rings. The van der Waals surface area contributed by atoms with E-state index in [-0.39, 0.29) is 17.2 Å². The van der Waals surface area contributed by atoms with E-state index in [0.717, 1.165) is 21.9 Å². The molecule has 2 aromatic carbocycles. The van der Waals surface area contributed by atoms with Crippen molar-refractivity contribution in [3.63, 3.8) is 0 Å². The summed E-state index contributed by atoms with van der Waals surface area (Å²) in [5.74, 6) is 0.0624. The largest absolute Gasteiger partial charge is 0.467 e. The fourth-order valence-electron chi connectivity index (χ4n) is 5.16. The lowest BCUT2D eigenvalue weighted by Crippen LogP contribution is -2.44. The average molecular weight is 555 g/mol. The molecule has 0 aliphatic carbocycles. The van der Waals surface area contributed by atoms with Crippen molar-refractivity contribution >= 4 is 27.5 Å². The molecule has 41 heavy (non-hydrogen) atoms. The minimum Gasteiger partial charge on any atom is -0.467 e. The van der Waals surface area contributed by atoms with Crippen molar-refractivity contribution in [1.29, 1.82) is 10.5 Å². The summed E-state index contributed by atoms with van der Waals surface area (Å²) in [6, 6.07) is 13.7. The van der Waals surface area contributed by atoms with Gasteiger partial charge in [-0.1, -0.05) is 36.4 Å². The lowest BCUT2D eigenvalue weighted by Gasteiger charge is -2.33. The number of hydrogen-bond donors (Lipinski definition) is 0. The number of aryl methyl sites for hydroxylation is 1. The van der Waals surface area contributed by atoms with Crippen molar-refractivity contribution < 1.29 is 9.13 Å². The van der Waals surface area contributed by atoms with E-state index in [1.54, 1.807) is 17.2 Å². The molecular weight excluding hydrogens is 519 g/mol. The molecule has 0 atom stereocenters. The van der Waals surface area contributed by atoms with E-state index in [1.165, 1.54) is 40.0 Å². The smallest absolute Gasteiger partial charge is 0.318 e. The lowest BCUT2D eigenvalue weighted by atomic mass is 9.97. The maximum atomic E-state index is 15.9. The third-order valence-corrected chi connectivity index (χ3v) is 7.24. The first-order valence-corrected chi connectivity index (χ1v) is 13.7. The number of piperazine rings is 1. The Morgan fingerprint density at radius 2 is 1.61 bits per heavy atom. The number of methoxy groups -OCH3 is 1. The van der Waals surface area contributed by atoms with Crippen LogP contribution in [0.15, 0.2) is 42.6 Å². The predicted octanol–water partition coefficient (Wildman–Crippen LogP) is 5.15. The van der Waals surface area contributed by atoms with Crippen LogP contribution < -0.4 is 9.64 Å². The highest BCUT2D eigenvalue weighted by molar-refractivity contribution is 6.00. The number of likely N-dealkylation sites (tertiary alicyclic amines) is 1. The van der Waals surface area contributed by atoms with Gasteiger partial charge in [0.2, 0.25) is 0 Å². The van der Waals surface area contributed by atoms with Crippen molar-refractivity contribution in [3.8, 4) is 29.5 Å². The zero-order chi connectivity index (χ0) is 29.4. The number of nitrogens with zero attached hydrogens (tertiary/aromatic N) is 8. The lowest BCUT2D eigenvalue weighted by molar-refractivity contribution is 0.358. The molecule has 2 fully saturated rings. The van der Waals surface area contributed by atoms with Crippen molar-refractivity contribution in [1.82, 2.24) is 24.8 Å². The number of rotatable bonds is 3. The van der Waals surface area contributed by atoms with Crippen molar-refractivity contribution in [2.75, 3.05) is 58.3 Å². The van der Waals surface area contributed by atoms with Crippen LogP contribution in [-0.4, -0.2) is 78.2 Å². The Balaban J connectivity index is 0.000000372. The maximum absolute atomic E-state index is 15.9. The highest BCUT2D eigenvalue weighted by Crippen LogP contribution is 2.35. The van der Waals surface area contributed by atoms with Gasteiger partial charge in [-0.15, -0.1) is 0 Å². The van der Waals surface area contributed by atoms with Gasteiger partial charge in [0.05, 0.1) is 18.6 Å². The molecule has 2 aliphatic heterocycles. The summed E-state index contributed by atoms with van der Waals surface area (Å²) in [6.45, 7) is 8.42. The van der Waals surface area contributed by atoms with Gasteiger partial charge in [-0.2, -0.15) is 20.5 Å². The average Bonchev–Trinajstić information content (AvgIpc) is 3.48. The Morgan fingerprint density at radius 3 is 2.20 bits per heavy atom. The first-order chi connectivity index (χ1) is 19.9. The number of benzene rings is 2. The Kier molecular flexibility index (Phi) is 9.83. The molecule has 2 saturated heterocycles. The second-order valence-electron chi connectivity index (χ2n) is 10.0. The molecule has 4 heterocycles. The van der Waals surface area contributed by atoms with Gasteiger partial charge in [0, 0.05) is 44.9 Å². The van der Waals surface area contributed by atoms with Crippen molar-refractivity contribution in [2.24, 2.45) is 0 Å². The summed E-state index contributed by atoms with van der Waals surface area (Å²) in [5, 5.41) is 19.0. The van der Waals surface area contributed by atoms with Crippen LogP contribution >= 0.6 is 0 Å². The predicted molar refractivity (Wildman–Crippen MR) is 159 cm³/mol. The Hall–Kier alpha value is -4.54. The molecule has 0 unspecified atom stereocenters. The molecule has 0 bridgehead atoms. The molecule has 2 aromatic heterocycles. The molecule has 4 aromatic rings. The fourth-order valence-corrected chi connectivity index (χ4v) is 5.16. The molecule has 212 valence electrons. The zero-order valence-electron chi connectivity index (χ0n) is 24.1. The Labute approximate surface area is 240 Å². The van der Waals surface area contributed by atoms with Crippen molar-refractivity contribution in [3.05, 3.63) is 54.0 Å². The number of fused-ring (bicyclic) bond motifs is 2. The van der Waals surface area contributed by atoms with E-state index in [1.807, 2.05) is 48.2 Å². The van der Waals surface area contributed by atoms with Crippen LogP contribution in [0.4, 0.5) is 10.2 Å². The number of ether oxygens (including phenoxy) is 1. The van der Waals surface area contributed by atoms with Crippen LogP contribution in [0.25, 0.3) is 32.9 Å². The van der Waals surface area contributed by atoms with E-state index >= 15 is 4.39 Å². The zero-order valence-corrected chi connectivity index (χ0v) is 24.1. The summed E-state index contributed by atoms with van der Waals surface area (Å²) in [6.07, 6.45) is 6.63. The van der Waals surface area contributed by atoms with E-state index in [2.05, 4.69) is 33.1 Å². The number of hydrogen-bond acceptors (Lipinski definition) is 9. The Bertz CT molecular complexity index is 1580. The van der Waals surface area contributed by atoms with Crippen LogP contribution in [-0.2, 0) is 0 Å². The second-order valence-corrected chi connectivity index (χ2v) is 10.0. The van der Waals surface area contributed by atoms with Gasteiger partial charge in [0.1, 0.15) is 17.0 Å². The summed E-state index contributed by atoms with van der Waals surface area (Å²) < 4.78 is 21.2. The molecule has 10 heteroatoms. The maximum Gasteiger partial charge on any atom is 0.318 e. The monoisotopic (exact) mass is 554 g/mol. The quantitative estimate of drug-likeness (QED) is 0.318. The van der Waals surface area contributed by atoms with Crippen LogP contribution in [0.3, 0.4) is 0 Å². The highest BCUT2D eigenvalue weighted by Gasteiger charge is 2.24. The molecule has 6 rings (SSSR count). The molecular formula is C31H35FN8O. The number of anilines is 1. The van der Waals surface area contributed by atoms with Gasteiger partial charge in [-0.3, -0.25) is 4.98 Å². The van der Waals surface area contributed by atoms with Gasteiger partial charge >= 0.3 is 6.01 Å². The van der Waals surface area contributed by atoms with Crippen LogP contribution in [0.2, 0.25) is 0 Å². The summed E-state index contributed by atoms with van der Waals surface area (Å²) >= 11 is 0. The number of aromatic nitrogens is 3. The molecule has 0 radical (unpaired) electrons. The second kappa shape index (κ2) is 13.7. The van der Waals surface area contributed by atoms with E-state index in [0.29, 0.717) is 37.4 Å². The summed E-state index contributed by atoms with van der Waals surface area (Å²) in [7, 11) is 3.64. The Morgan fingerprint density at radius 1 is 0.951 bits per heavy atom. The normalized spacial score (nSPS) is 14.9. The molecule has 0 amide bonds. The van der Waals surface area contributed by atoms with Gasteiger partial charge in [0.15, 0.2) is 12.0 Å². The van der Waals surface area contributed by atoms with Crippen LogP contribution in [0, 0.1) is 35.5 Å². The summed E-state index contributed by atoms with van der Waals surface area (Å²) in [5.41, 5.74) is 2.20. The molecule has 0 spiro atoms. The van der Waals surface area contributed by atoms with Gasteiger partial charge in [-0.25, -0.2) is 4.39 Å².